The van der Waals surface area contributed by atoms with Crippen molar-refractivity contribution in [3.63, 3.8) is 0 Å². The molecule has 31 heavy (non-hydrogen) atoms. The summed E-state index contributed by atoms with van der Waals surface area (Å²) in [6.07, 6.45) is 0. The molecule has 156 valence electrons. The molecule has 0 aliphatic heterocycles. The monoisotopic (exact) mass is 416 g/mol. The van der Waals surface area contributed by atoms with Gasteiger partial charge in [-0.05, 0) is 53.1 Å². The highest BCUT2D eigenvalue weighted by Gasteiger charge is 2.18. The maximum atomic E-state index is 11.2. The first kappa shape index (κ1) is 21.8. The van der Waals surface area contributed by atoms with Crippen molar-refractivity contribution in [3.8, 4) is 17.2 Å². The molecule has 7 heteroatoms. The van der Waals surface area contributed by atoms with E-state index >= 15 is 0 Å². The summed E-state index contributed by atoms with van der Waals surface area (Å²) in [6.45, 7) is 2.71. The van der Waals surface area contributed by atoms with Gasteiger partial charge in [0.15, 0.2) is 0 Å². The van der Waals surface area contributed by atoms with Crippen molar-refractivity contribution in [3.05, 3.63) is 89.5 Å². The van der Waals surface area contributed by atoms with Crippen molar-refractivity contribution in [1.82, 2.24) is 0 Å². The SMILES string of the molecule is BC(=O)Oc1ccc(C(c2ccc(OC(C)=O)cc2)c2ccc(OC(C)=O)cc2)cc1. The van der Waals surface area contributed by atoms with Gasteiger partial charge in [0.2, 0.25) is 13.7 Å². The second-order valence-electron chi connectivity index (χ2n) is 6.92. The van der Waals surface area contributed by atoms with Gasteiger partial charge in [0.1, 0.15) is 17.2 Å². The Balaban J connectivity index is 1.98. The number of benzene rings is 3. The van der Waals surface area contributed by atoms with Gasteiger partial charge in [0.25, 0.3) is 0 Å². The Hall–Kier alpha value is -3.87. The van der Waals surface area contributed by atoms with Crippen molar-refractivity contribution in [2.75, 3.05) is 0 Å². The number of esters is 2. The Morgan fingerprint density at radius 1 is 0.581 bits per heavy atom. The van der Waals surface area contributed by atoms with Gasteiger partial charge in [0.05, 0.1) is 0 Å². The summed E-state index contributed by atoms with van der Waals surface area (Å²) in [6, 6.07) is 21.8. The minimum Gasteiger partial charge on any atom is -0.435 e. The Bertz CT molecular complexity index is 931. The third kappa shape index (κ3) is 6.06. The van der Waals surface area contributed by atoms with Crippen LogP contribution in [0, 0.1) is 0 Å². The van der Waals surface area contributed by atoms with E-state index in [2.05, 4.69) is 0 Å². The van der Waals surface area contributed by atoms with Crippen molar-refractivity contribution in [2.45, 2.75) is 19.8 Å². The minimum absolute atomic E-state index is 0.149. The molecule has 0 fully saturated rings. The molecule has 0 N–H and O–H groups in total. The zero-order chi connectivity index (χ0) is 22.4. The number of carbonyl (C=O) groups excluding carboxylic acids is 3. The van der Waals surface area contributed by atoms with E-state index < -0.39 is 0 Å². The van der Waals surface area contributed by atoms with Gasteiger partial charge in [-0.1, -0.05) is 36.4 Å². The first-order valence-corrected chi connectivity index (χ1v) is 9.67. The third-order valence-electron chi connectivity index (χ3n) is 4.43. The number of hydrogen-bond donors (Lipinski definition) is 0. The summed E-state index contributed by atoms with van der Waals surface area (Å²) in [4.78, 5) is 33.6. The van der Waals surface area contributed by atoms with E-state index in [0.29, 0.717) is 17.2 Å². The molecule has 0 aliphatic rings. The van der Waals surface area contributed by atoms with E-state index in [9.17, 15) is 14.4 Å². The lowest BCUT2D eigenvalue weighted by molar-refractivity contribution is -0.132. The molecule has 0 amide bonds. The van der Waals surface area contributed by atoms with Crippen molar-refractivity contribution in [1.29, 1.82) is 0 Å². The molecule has 3 aromatic rings. The van der Waals surface area contributed by atoms with Crippen LogP contribution in [0.3, 0.4) is 0 Å². The molecule has 3 aromatic carbocycles. The molecule has 0 unspecified atom stereocenters. The van der Waals surface area contributed by atoms with Gasteiger partial charge >= 0.3 is 11.9 Å². The molecule has 6 nitrogen and oxygen atoms in total. The highest BCUT2D eigenvalue weighted by Crippen LogP contribution is 2.34. The quantitative estimate of drug-likeness (QED) is 0.263. The van der Waals surface area contributed by atoms with Crippen LogP contribution in [0.1, 0.15) is 36.5 Å². The topological polar surface area (TPSA) is 78.9 Å². The molecule has 0 saturated carbocycles. The summed E-state index contributed by atoms with van der Waals surface area (Å²) in [5.74, 6) is 0.0923. The molecule has 0 spiro atoms. The Labute approximate surface area is 181 Å². The maximum Gasteiger partial charge on any atom is 0.308 e. The lowest BCUT2D eigenvalue weighted by Crippen LogP contribution is -2.07. The van der Waals surface area contributed by atoms with Crippen LogP contribution < -0.4 is 14.2 Å². The third-order valence-corrected chi connectivity index (χ3v) is 4.43. The summed E-state index contributed by atoms with van der Waals surface area (Å²) >= 11 is 0. The van der Waals surface area contributed by atoms with Crippen LogP contribution in [0.25, 0.3) is 0 Å². The smallest absolute Gasteiger partial charge is 0.308 e. The summed E-state index contributed by atoms with van der Waals surface area (Å²) in [7, 11) is 1.35. The molecule has 3 rings (SSSR count). The lowest BCUT2D eigenvalue weighted by atomic mass is 9.85. The maximum absolute atomic E-state index is 11.2. The predicted molar refractivity (Wildman–Crippen MR) is 117 cm³/mol. The molecular formula is C24H21BO6. The fourth-order valence-corrected chi connectivity index (χ4v) is 3.26. The lowest BCUT2D eigenvalue weighted by Gasteiger charge is -2.20. The van der Waals surface area contributed by atoms with Crippen LogP contribution in [-0.4, -0.2) is 25.7 Å². The molecule has 0 heterocycles. The Kier molecular flexibility index (Phi) is 6.87. The van der Waals surface area contributed by atoms with Gasteiger partial charge in [-0.15, -0.1) is 0 Å². The van der Waals surface area contributed by atoms with Gasteiger partial charge in [-0.2, -0.15) is 0 Å². The van der Waals surface area contributed by atoms with Gasteiger partial charge in [-0.3, -0.25) is 14.4 Å². The van der Waals surface area contributed by atoms with Crippen LogP contribution in [-0.2, 0) is 9.59 Å². The van der Waals surface area contributed by atoms with Crippen LogP contribution in [0.15, 0.2) is 72.8 Å². The number of rotatable bonds is 6. The molecule has 0 saturated heterocycles. The highest BCUT2D eigenvalue weighted by atomic mass is 16.5. The van der Waals surface area contributed by atoms with E-state index in [1.165, 1.54) is 21.7 Å². The fraction of sp³-hybridized carbons (Fsp3) is 0.125. The predicted octanol–water partition coefficient (Wildman–Crippen LogP) is 3.85. The highest BCUT2D eigenvalue weighted by molar-refractivity contribution is 6.55. The van der Waals surface area contributed by atoms with E-state index in [1.807, 2.05) is 36.4 Å². The van der Waals surface area contributed by atoms with Gasteiger partial charge < -0.3 is 14.2 Å². The van der Waals surface area contributed by atoms with Crippen LogP contribution in [0.2, 0.25) is 0 Å². The fourth-order valence-electron chi connectivity index (χ4n) is 3.26. The van der Waals surface area contributed by atoms with E-state index in [4.69, 9.17) is 14.2 Å². The van der Waals surface area contributed by atoms with E-state index in [0.717, 1.165) is 16.7 Å². The second-order valence-corrected chi connectivity index (χ2v) is 6.92. The van der Waals surface area contributed by atoms with Crippen molar-refractivity contribution >= 4 is 25.7 Å². The number of hydrogen-bond acceptors (Lipinski definition) is 6. The first-order chi connectivity index (χ1) is 14.8. The van der Waals surface area contributed by atoms with Crippen LogP contribution in [0.4, 0.5) is 4.79 Å². The molecule has 0 bridgehead atoms. The van der Waals surface area contributed by atoms with Crippen LogP contribution in [0.5, 0.6) is 17.2 Å². The second kappa shape index (κ2) is 9.76. The molecule has 0 atom stereocenters. The van der Waals surface area contributed by atoms with Gasteiger partial charge in [0, 0.05) is 19.8 Å². The standard InChI is InChI=1S/C24H21BO6/c1-15(26)29-20-9-3-17(4-10-20)23(18-5-11-21(12-6-18)30-16(2)27)19-7-13-22(14-8-19)31-24(25)28/h3-14,23H,25H2,1-2H3. The largest absolute Gasteiger partial charge is 0.435 e. The summed E-state index contributed by atoms with van der Waals surface area (Å²) < 4.78 is 15.4. The number of carbonyl (C=O) groups is 3. The van der Waals surface area contributed by atoms with Gasteiger partial charge in [-0.25, -0.2) is 0 Å². The van der Waals surface area contributed by atoms with Crippen molar-refractivity contribution < 1.29 is 28.6 Å². The molecule has 0 aromatic heterocycles. The normalized spacial score (nSPS) is 10.4. The van der Waals surface area contributed by atoms with E-state index in [1.54, 1.807) is 36.4 Å². The molecule has 0 radical (unpaired) electrons. The average molecular weight is 416 g/mol. The molecular weight excluding hydrogens is 395 g/mol. The first-order valence-electron chi connectivity index (χ1n) is 9.67. The zero-order valence-corrected chi connectivity index (χ0v) is 17.5. The average Bonchev–Trinajstić information content (AvgIpc) is 2.71. The minimum atomic E-state index is -0.383. The summed E-state index contributed by atoms with van der Waals surface area (Å²) in [5.41, 5.74) is 2.91. The summed E-state index contributed by atoms with van der Waals surface area (Å²) in [5, 5.41) is 0. The molecule has 0 aliphatic carbocycles. The van der Waals surface area contributed by atoms with E-state index in [-0.39, 0.29) is 23.7 Å². The number of ether oxygens (including phenoxy) is 3. The van der Waals surface area contributed by atoms with Crippen molar-refractivity contribution in [2.24, 2.45) is 0 Å². The Morgan fingerprint density at radius 3 is 1.13 bits per heavy atom. The zero-order valence-electron chi connectivity index (χ0n) is 17.5. The Morgan fingerprint density at radius 2 is 0.871 bits per heavy atom. The van der Waals surface area contributed by atoms with Crippen LogP contribution >= 0.6 is 0 Å².